The Bertz CT molecular complexity index is 2770. The lowest BCUT2D eigenvalue weighted by molar-refractivity contribution is 0.620. The molecule has 1 aromatic heterocycles. The average molecular weight is 654 g/mol. The van der Waals surface area contributed by atoms with Gasteiger partial charge in [0, 0.05) is 38.7 Å². The number of hydrogen-bond acceptors (Lipinski definition) is 2. The Hall–Kier alpha value is -6.38. The van der Waals surface area contributed by atoms with Crippen LogP contribution in [0.3, 0.4) is 0 Å². The van der Waals surface area contributed by atoms with Crippen LogP contribution in [0.25, 0.3) is 66.1 Å². The zero-order valence-electron chi connectivity index (χ0n) is 28.6. The predicted molar refractivity (Wildman–Crippen MR) is 214 cm³/mol. The van der Waals surface area contributed by atoms with E-state index >= 15 is 0 Å². The van der Waals surface area contributed by atoms with Crippen molar-refractivity contribution in [1.29, 1.82) is 0 Å². The maximum Gasteiger partial charge on any atom is 0.140 e. The summed E-state index contributed by atoms with van der Waals surface area (Å²) in [5.74, 6) is 0. The van der Waals surface area contributed by atoms with Gasteiger partial charge in [-0.15, -0.1) is 0 Å². The largest absolute Gasteiger partial charge is 0.456 e. The number of anilines is 3. The highest BCUT2D eigenvalue weighted by atomic mass is 16.3. The van der Waals surface area contributed by atoms with Crippen LogP contribution in [0.2, 0.25) is 0 Å². The van der Waals surface area contributed by atoms with Crippen LogP contribution in [-0.2, 0) is 5.41 Å². The first-order chi connectivity index (χ1) is 25.0. The van der Waals surface area contributed by atoms with E-state index in [0.29, 0.717) is 0 Å². The van der Waals surface area contributed by atoms with E-state index in [1.807, 2.05) is 6.07 Å². The quantitative estimate of drug-likeness (QED) is 0.184. The zero-order valence-corrected chi connectivity index (χ0v) is 28.6. The molecule has 0 spiro atoms. The van der Waals surface area contributed by atoms with Gasteiger partial charge in [0.15, 0.2) is 0 Å². The summed E-state index contributed by atoms with van der Waals surface area (Å²) in [7, 11) is 0. The summed E-state index contributed by atoms with van der Waals surface area (Å²) >= 11 is 0. The second-order valence-electron chi connectivity index (χ2n) is 14.1. The molecular formula is C49H35NO. The molecule has 0 N–H and O–H groups in total. The molecule has 2 nitrogen and oxygen atoms in total. The molecule has 0 fully saturated rings. The van der Waals surface area contributed by atoms with Crippen LogP contribution < -0.4 is 4.90 Å². The molecule has 8 aromatic carbocycles. The molecule has 0 bridgehead atoms. The summed E-state index contributed by atoms with van der Waals surface area (Å²) in [5, 5.41) is 4.84. The van der Waals surface area contributed by atoms with Crippen molar-refractivity contribution in [3.63, 3.8) is 0 Å². The van der Waals surface area contributed by atoms with Gasteiger partial charge in [0.05, 0.1) is 5.69 Å². The van der Waals surface area contributed by atoms with Gasteiger partial charge < -0.3 is 9.32 Å². The van der Waals surface area contributed by atoms with E-state index in [2.05, 4.69) is 189 Å². The normalized spacial score (nSPS) is 13.1. The molecule has 1 heterocycles. The molecule has 0 unspecified atom stereocenters. The molecule has 1 aliphatic rings. The van der Waals surface area contributed by atoms with E-state index in [4.69, 9.17) is 4.42 Å². The van der Waals surface area contributed by atoms with E-state index in [-0.39, 0.29) is 5.41 Å². The van der Waals surface area contributed by atoms with Crippen molar-refractivity contribution in [1.82, 2.24) is 0 Å². The summed E-state index contributed by atoms with van der Waals surface area (Å²) in [6.07, 6.45) is 0. The molecule has 0 radical (unpaired) electrons. The predicted octanol–water partition coefficient (Wildman–Crippen LogP) is 13.8. The number of fused-ring (bicyclic) bond motifs is 8. The Balaban J connectivity index is 1.13. The molecule has 0 amide bonds. The van der Waals surface area contributed by atoms with Crippen LogP contribution in [0.15, 0.2) is 180 Å². The topological polar surface area (TPSA) is 16.4 Å². The number of rotatable bonds is 5. The average Bonchev–Trinajstić information content (AvgIpc) is 3.67. The number of hydrogen-bond donors (Lipinski definition) is 0. The van der Waals surface area contributed by atoms with E-state index < -0.39 is 0 Å². The van der Waals surface area contributed by atoms with E-state index in [1.54, 1.807) is 0 Å². The molecule has 51 heavy (non-hydrogen) atoms. The minimum absolute atomic E-state index is 0.265. The third-order valence-electron chi connectivity index (χ3n) is 10.8. The van der Waals surface area contributed by atoms with Crippen LogP contribution >= 0.6 is 0 Å². The zero-order chi connectivity index (χ0) is 34.1. The third kappa shape index (κ3) is 4.64. The molecule has 0 atom stereocenters. The summed E-state index contributed by atoms with van der Waals surface area (Å²) in [6.45, 7) is 4.68. The first kappa shape index (κ1) is 29.5. The number of para-hydroxylation sites is 2. The van der Waals surface area contributed by atoms with Crippen LogP contribution in [0.5, 0.6) is 0 Å². The second kappa shape index (κ2) is 11.3. The SMILES string of the molecule is CC1(C)c2cc(N(c3ccc(-c4ccc5ccccc5c4)cc3)c3ccccc3-c3ccccc3)ccc2-c2ccc3c(oc4ccccc43)c21. The standard InChI is InChI=1S/C49H35NO/c1-49(2)44-31-38(26-27-40(44)42-28-29-43-41-17-9-11-19-46(41)51-48(43)47(42)49)50(45-18-10-8-16-39(45)34-13-4-3-5-14-34)37-24-22-33(23-25-37)36-21-20-32-12-6-7-15-35(32)30-36/h3-31H,1-2H3. The van der Waals surface area contributed by atoms with Crippen molar-refractivity contribution in [2.24, 2.45) is 0 Å². The maximum atomic E-state index is 6.60. The van der Waals surface area contributed by atoms with Crippen molar-refractivity contribution < 1.29 is 4.42 Å². The molecule has 242 valence electrons. The third-order valence-corrected chi connectivity index (χ3v) is 10.8. The van der Waals surface area contributed by atoms with Crippen LogP contribution in [-0.4, -0.2) is 0 Å². The molecule has 0 saturated heterocycles. The molecule has 0 aliphatic heterocycles. The van der Waals surface area contributed by atoms with Gasteiger partial charge in [-0.1, -0.05) is 141 Å². The first-order valence-electron chi connectivity index (χ1n) is 17.7. The number of furan rings is 1. The minimum Gasteiger partial charge on any atom is -0.456 e. The Labute approximate surface area is 297 Å². The molecule has 1 aliphatic carbocycles. The van der Waals surface area contributed by atoms with Crippen molar-refractivity contribution in [3.8, 4) is 33.4 Å². The van der Waals surface area contributed by atoms with Crippen molar-refractivity contribution in [3.05, 3.63) is 187 Å². The summed E-state index contributed by atoms with van der Waals surface area (Å²) < 4.78 is 6.60. The Morgan fingerprint density at radius 1 is 0.451 bits per heavy atom. The highest BCUT2D eigenvalue weighted by Crippen LogP contribution is 2.54. The van der Waals surface area contributed by atoms with Gasteiger partial charge in [-0.25, -0.2) is 0 Å². The summed E-state index contributed by atoms with van der Waals surface area (Å²) in [4.78, 5) is 2.42. The van der Waals surface area contributed by atoms with Crippen LogP contribution in [0.4, 0.5) is 17.1 Å². The Morgan fingerprint density at radius 2 is 1.14 bits per heavy atom. The van der Waals surface area contributed by atoms with Gasteiger partial charge >= 0.3 is 0 Å². The van der Waals surface area contributed by atoms with Gasteiger partial charge in [0.2, 0.25) is 0 Å². The molecule has 0 saturated carbocycles. The molecule has 9 aromatic rings. The molecule has 10 rings (SSSR count). The Morgan fingerprint density at radius 3 is 2.00 bits per heavy atom. The summed E-state index contributed by atoms with van der Waals surface area (Å²) in [6, 6.07) is 63.6. The van der Waals surface area contributed by atoms with Gasteiger partial charge in [-0.2, -0.15) is 0 Å². The fraction of sp³-hybridized carbons (Fsp3) is 0.0612. The lowest BCUT2D eigenvalue weighted by Gasteiger charge is -2.30. The fourth-order valence-electron chi connectivity index (χ4n) is 8.32. The smallest absolute Gasteiger partial charge is 0.140 e. The number of nitrogens with zero attached hydrogens (tertiary/aromatic N) is 1. The van der Waals surface area contributed by atoms with Crippen LogP contribution in [0, 0.1) is 0 Å². The fourth-order valence-corrected chi connectivity index (χ4v) is 8.32. The van der Waals surface area contributed by atoms with E-state index in [0.717, 1.165) is 28.2 Å². The van der Waals surface area contributed by atoms with Crippen LogP contribution in [0.1, 0.15) is 25.0 Å². The van der Waals surface area contributed by atoms with E-state index in [1.165, 1.54) is 66.1 Å². The summed E-state index contributed by atoms with van der Waals surface area (Å²) in [5.41, 5.74) is 14.9. The highest BCUT2D eigenvalue weighted by molar-refractivity contribution is 6.09. The van der Waals surface area contributed by atoms with Gasteiger partial charge in [0.1, 0.15) is 11.2 Å². The lowest BCUT2D eigenvalue weighted by atomic mass is 9.81. The first-order valence-corrected chi connectivity index (χ1v) is 17.7. The number of benzene rings is 8. The van der Waals surface area contributed by atoms with Crippen molar-refractivity contribution in [2.75, 3.05) is 4.90 Å². The van der Waals surface area contributed by atoms with Gasteiger partial charge in [-0.3, -0.25) is 0 Å². The van der Waals surface area contributed by atoms with Gasteiger partial charge in [0.25, 0.3) is 0 Å². The second-order valence-corrected chi connectivity index (χ2v) is 14.1. The maximum absolute atomic E-state index is 6.60. The van der Waals surface area contributed by atoms with E-state index in [9.17, 15) is 0 Å². The van der Waals surface area contributed by atoms with Crippen molar-refractivity contribution >= 4 is 49.8 Å². The lowest BCUT2D eigenvalue weighted by Crippen LogP contribution is -2.17. The van der Waals surface area contributed by atoms with Gasteiger partial charge in [-0.05, 0) is 92.7 Å². The molecule has 2 heteroatoms. The highest BCUT2D eigenvalue weighted by Gasteiger charge is 2.39. The van der Waals surface area contributed by atoms with Crippen molar-refractivity contribution in [2.45, 2.75) is 19.3 Å². The Kier molecular flexibility index (Phi) is 6.56. The monoisotopic (exact) mass is 653 g/mol. The molecular weight excluding hydrogens is 619 g/mol. The minimum atomic E-state index is -0.265.